The Morgan fingerprint density at radius 3 is 2.35 bits per heavy atom. The summed E-state index contributed by atoms with van der Waals surface area (Å²) in [5.41, 5.74) is 0. The summed E-state index contributed by atoms with van der Waals surface area (Å²) >= 11 is 0. The smallest absolute Gasteiger partial charge is 0.262 e. The van der Waals surface area contributed by atoms with Gasteiger partial charge in [0.05, 0.1) is 12.6 Å². The lowest BCUT2D eigenvalue weighted by Gasteiger charge is -2.41. The zero-order valence-electron chi connectivity index (χ0n) is 13.9. The minimum atomic E-state index is -2.75. The molecule has 0 aliphatic carbocycles. The van der Waals surface area contributed by atoms with Crippen LogP contribution in [0.4, 0.5) is 8.78 Å². The summed E-state index contributed by atoms with van der Waals surface area (Å²) in [6.07, 6.45) is 3.89. The van der Waals surface area contributed by atoms with Gasteiger partial charge in [-0.3, -0.25) is 10.1 Å². The van der Waals surface area contributed by atoms with E-state index in [1.807, 2.05) is 0 Å². The number of nitrogens with zero attached hydrogens (tertiary/aromatic N) is 2. The van der Waals surface area contributed by atoms with Crippen molar-refractivity contribution in [2.75, 3.05) is 39.8 Å². The Hall–Kier alpha value is -0.790. The van der Waals surface area contributed by atoms with E-state index in [0.717, 1.165) is 39.0 Å². The molecule has 5 nitrogen and oxygen atoms in total. The molecule has 23 heavy (non-hydrogen) atoms. The molecule has 0 saturated carbocycles. The molecule has 132 valence electrons. The summed E-state index contributed by atoms with van der Waals surface area (Å²) in [6.45, 7) is 3.91. The second-order valence-corrected chi connectivity index (χ2v) is 7.35. The summed E-state index contributed by atoms with van der Waals surface area (Å²) in [6, 6.07) is 0.0518. The summed E-state index contributed by atoms with van der Waals surface area (Å²) in [7, 11) is 2.17. The molecule has 7 heteroatoms. The van der Waals surface area contributed by atoms with Gasteiger partial charge in [-0.25, -0.2) is 8.78 Å². The first kappa shape index (κ1) is 17.0. The number of piperidine rings is 2. The molecule has 3 fully saturated rings. The van der Waals surface area contributed by atoms with Gasteiger partial charge in [0.15, 0.2) is 0 Å². The quantitative estimate of drug-likeness (QED) is 0.798. The zero-order valence-corrected chi connectivity index (χ0v) is 13.9. The highest BCUT2D eigenvalue weighted by Gasteiger charge is 2.42. The molecule has 1 amide bonds. The van der Waals surface area contributed by atoms with Crippen molar-refractivity contribution in [3.8, 4) is 0 Å². The standard InChI is InChI=1S/C16H28F2N4O/c1-21-6-4-13(5-7-21)22-8-2-12(3-9-22)20-15(23)14-10-16(17,18)11-19-14/h12-14,19H,2-11H2,1H3,(H,20,23). The fourth-order valence-electron chi connectivity index (χ4n) is 3.97. The highest BCUT2D eigenvalue weighted by molar-refractivity contribution is 5.82. The van der Waals surface area contributed by atoms with Gasteiger partial charge in [0.1, 0.15) is 0 Å². The van der Waals surface area contributed by atoms with E-state index in [-0.39, 0.29) is 24.9 Å². The third-order valence-corrected chi connectivity index (χ3v) is 5.51. The Kier molecular flexibility index (Phi) is 5.18. The predicted octanol–water partition coefficient (Wildman–Crippen LogP) is 0.658. The van der Waals surface area contributed by atoms with E-state index in [1.165, 1.54) is 12.8 Å². The first-order valence-electron chi connectivity index (χ1n) is 8.77. The van der Waals surface area contributed by atoms with Gasteiger partial charge >= 0.3 is 0 Å². The van der Waals surface area contributed by atoms with Gasteiger partial charge in [0, 0.05) is 31.6 Å². The van der Waals surface area contributed by atoms with E-state index >= 15 is 0 Å². The number of carbonyl (C=O) groups is 1. The van der Waals surface area contributed by atoms with Crippen molar-refractivity contribution in [3.63, 3.8) is 0 Å². The molecule has 2 N–H and O–H groups in total. The Bertz CT molecular complexity index is 418. The van der Waals surface area contributed by atoms with Crippen LogP contribution >= 0.6 is 0 Å². The van der Waals surface area contributed by atoms with Crippen LogP contribution in [0.5, 0.6) is 0 Å². The maximum atomic E-state index is 13.2. The third kappa shape index (κ3) is 4.39. The molecule has 0 aromatic carbocycles. The van der Waals surface area contributed by atoms with Crippen molar-refractivity contribution in [1.29, 1.82) is 0 Å². The first-order chi connectivity index (χ1) is 10.9. The van der Waals surface area contributed by atoms with Crippen LogP contribution < -0.4 is 10.6 Å². The summed E-state index contributed by atoms with van der Waals surface area (Å²) < 4.78 is 26.3. The molecule has 1 unspecified atom stereocenters. The van der Waals surface area contributed by atoms with E-state index in [9.17, 15) is 13.6 Å². The monoisotopic (exact) mass is 330 g/mol. The van der Waals surface area contributed by atoms with Crippen molar-refractivity contribution in [3.05, 3.63) is 0 Å². The van der Waals surface area contributed by atoms with Crippen LogP contribution in [-0.2, 0) is 4.79 Å². The molecule has 0 spiro atoms. The normalized spacial score (nSPS) is 31.3. The number of amides is 1. The fraction of sp³-hybridized carbons (Fsp3) is 0.938. The number of carbonyl (C=O) groups excluding carboxylic acids is 1. The molecule has 3 aliphatic rings. The number of alkyl halides is 2. The van der Waals surface area contributed by atoms with Crippen molar-refractivity contribution in [2.24, 2.45) is 0 Å². The number of rotatable bonds is 3. The average molecular weight is 330 g/mol. The second kappa shape index (κ2) is 6.99. The molecule has 3 heterocycles. The predicted molar refractivity (Wildman–Crippen MR) is 84.6 cm³/mol. The topological polar surface area (TPSA) is 47.6 Å². The van der Waals surface area contributed by atoms with Gasteiger partial charge in [-0.05, 0) is 45.8 Å². The molecule has 3 aliphatic heterocycles. The van der Waals surface area contributed by atoms with Crippen LogP contribution in [0, 0.1) is 0 Å². The lowest BCUT2D eigenvalue weighted by molar-refractivity contribution is -0.124. The molecule has 3 rings (SSSR count). The van der Waals surface area contributed by atoms with Gasteiger partial charge in [-0.15, -0.1) is 0 Å². The minimum absolute atomic E-state index is 0.126. The van der Waals surface area contributed by atoms with Crippen LogP contribution in [0.25, 0.3) is 0 Å². The molecule has 3 saturated heterocycles. The minimum Gasteiger partial charge on any atom is -0.352 e. The zero-order chi connectivity index (χ0) is 16.4. The van der Waals surface area contributed by atoms with Gasteiger partial charge in [-0.1, -0.05) is 0 Å². The van der Waals surface area contributed by atoms with Crippen LogP contribution in [0.2, 0.25) is 0 Å². The molecule has 0 bridgehead atoms. The molecule has 0 aromatic heterocycles. The summed E-state index contributed by atoms with van der Waals surface area (Å²) in [5, 5.41) is 5.58. The highest BCUT2D eigenvalue weighted by atomic mass is 19.3. The van der Waals surface area contributed by atoms with Gasteiger partial charge < -0.3 is 15.1 Å². The Balaban J connectivity index is 1.40. The maximum absolute atomic E-state index is 13.2. The third-order valence-electron chi connectivity index (χ3n) is 5.51. The Morgan fingerprint density at radius 2 is 1.78 bits per heavy atom. The lowest BCUT2D eigenvalue weighted by atomic mass is 9.98. The molecule has 0 aromatic rings. The van der Waals surface area contributed by atoms with E-state index in [2.05, 4.69) is 27.5 Å². The SMILES string of the molecule is CN1CCC(N2CCC(NC(=O)C3CC(F)(F)CN3)CC2)CC1. The average Bonchev–Trinajstić information content (AvgIpc) is 2.89. The van der Waals surface area contributed by atoms with E-state index in [1.54, 1.807) is 0 Å². The summed E-state index contributed by atoms with van der Waals surface area (Å²) in [4.78, 5) is 17.0. The molecule has 1 atom stereocenters. The molecule has 0 radical (unpaired) electrons. The number of nitrogens with one attached hydrogen (secondary N) is 2. The number of likely N-dealkylation sites (tertiary alicyclic amines) is 2. The number of hydrogen-bond acceptors (Lipinski definition) is 4. The van der Waals surface area contributed by atoms with E-state index in [0.29, 0.717) is 6.04 Å². The summed E-state index contributed by atoms with van der Waals surface area (Å²) in [5.74, 6) is -3.01. The maximum Gasteiger partial charge on any atom is 0.262 e. The number of hydrogen-bond donors (Lipinski definition) is 2. The first-order valence-corrected chi connectivity index (χ1v) is 8.77. The van der Waals surface area contributed by atoms with Crippen molar-refractivity contribution >= 4 is 5.91 Å². The van der Waals surface area contributed by atoms with Crippen LogP contribution in [0.1, 0.15) is 32.1 Å². The van der Waals surface area contributed by atoms with Crippen LogP contribution in [0.3, 0.4) is 0 Å². The Labute approximate surface area is 136 Å². The molecular weight excluding hydrogens is 302 g/mol. The Morgan fingerprint density at radius 1 is 1.13 bits per heavy atom. The second-order valence-electron chi connectivity index (χ2n) is 7.35. The van der Waals surface area contributed by atoms with E-state index in [4.69, 9.17) is 0 Å². The van der Waals surface area contributed by atoms with Crippen LogP contribution in [0.15, 0.2) is 0 Å². The van der Waals surface area contributed by atoms with Crippen LogP contribution in [-0.4, -0.2) is 79.5 Å². The van der Waals surface area contributed by atoms with Crippen molar-refractivity contribution in [2.45, 2.75) is 56.2 Å². The van der Waals surface area contributed by atoms with E-state index < -0.39 is 12.0 Å². The number of halogens is 2. The fourth-order valence-corrected chi connectivity index (χ4v) is 3.97. The van der Waals surface area contributed by atoms with Gasteiger partial charge in [-0.2, -0.15) is 0 Å². The van der Waals surface area contributed by atoms with Crippen molar-refractivity contribution < 1.29 is 13.6 Å². The largest absolute Gasteiger partial charge is 0.352 e. The van der Waals surface area contributed by atoms with Crippen molar-refractivity contribution in [1.82, 2.24) is 20.4 Å². The van der Waals surface area contributed by atoms with Gasteiger partial charge in [0.2, 0.25) is 5.91 Å². The molecular formula is C16H28F2N4O. The van der Waals surface area contributed by atoms with Gasteiger partial charge in [0.25, 0.3) is 5.92 Å². The lowest BCUT2D eigenvalue weighted by Crippen LogP contribution is -2.52. The highest BCUT2D eigenvalue weighted by Crippen LogP contribution is 2.25.